The van der Waals surface area contributed by atoms with E-state index in [-0.39, 0.29) is 5.56 Å². The molecule has 0 unspecified atom stereocenters. The Bertz CT molecular complexity index is 647. The van der Waals surface area contributed by atoms with Crippen molar-refractivity contribution < 1.29 is 18.0 Å². The summed E-state index contributed by atoms with van der Waals surface area (Å²) in [5, 5.41) is 2.45. The molecule has 5 nitrogen and oxygen atoms in total. The first kappa shape index (κ1) is 16.0. The lowest BCUT2D eigenvalue weighted by molar-refractivity contribution is -0.140. The molecule has 2 N–H and O–H groups in total. The second-order valence-corrected chi connectivity index (χ2v) is 5.24. The molecule has 0 aliphatic carbocycles. The fourth-order valence-corrected chi connectivity index (χ4v) is 1.78. The van der Waals surface area contributed by atoms with Gasteiger partial charge in [-0.25, -0.2) is 9.97 Å². The number of carbonyl (C=O) groups is 1. The van der Waals surface area contributed by atoms with E-state index >= 15 is 0 Å². The number of aromatic amines is 1. The quantitative estimate of drug-likeness (QED) is 0.910. The maximum absolute atomic E-state index is 12.5. The highest BCUT2D eigenvalue weighted by Crippen LogP contribution is 2.28. The highest BCUT2D eigenvalue weighted by Gasteiger charge is 2.32. The first-order valence-corrected chi connectivity index (χ1v) is 6.63. The van der Waals surface area contributed by atoms with Crippen LogP contribution in [0.5, 0.6) is 0 Å². The van der Waals surface area contributed by atoms with Crippen LogP contribution in [-0.4, -0.2) is 20.9 Å². The van der Waals surface area contributed by atoms with Crippen LogP contribution in [0.3, 0.4) is 0 Å². The van der Waals surface area contributed by atoms with Gasteiger partial charge < -0.3 is 10.3 Å². The van der Waals surface area contributed by atoms with Gasteiger partial charge in [-0.15, -0.1) is 0 Å². The molecule has 1 amide bonds. The van der Waals surface area contributed by atoms with Crippen molar-refractivity contribution in [1.82, 2.24) is 15.0 Å². The Kier molecular flexibility index (Phi) is 4.48. The van der Waals surface area contributed by atoms with Crippen molar-refractivity contribution in [2.75, 3.05) is 5.32 Å². The lowest BCUT2D eigenvalue weighted by atomic mass is 10.1. The molecular formula is C14H15F3N4O. The number of alkyl halides is 3. The number of amides is 1. The molecule has 0 aliphatic rings. The zero-order valence-electron chi connectivity index (χ0n) is 12.0. The fourth-order valence-electron chi connectivity index (χ4n) is 1.78. The van der Waals surface area contributed by atoms with Crippen LogP contribution < -0.4 is 5.32 Å². The molecule has 118 valence electrons. The van der Waals surface area contributed by atoms with E-state index in [1.807, 2.05) is 18.8 Å². The van der Waals surface area contributed by atoms with Crippen molar-refractivity contribution in [3.05, 3.63) is 41.7 Å². The van der Waals surface area contributed by atoms with Crippen LogP contribution in [0.25, 0.3) is 0 Å². The molecule has 0 saturated heterocycles. The molecule has 2 rings (SSSR count). The molecular weight excluding hydrogens is 297 g/mol. The van der Waals surface area contributed by atoms with Crippen molar-refractivity contribution in [1.29, 1.82) is 0 Å². The van der Waals surface area contributed by atoms with Crippen LogP contribution in [0, 0.1) is 5.92 Å². The summed E-state index contributed by atoms with van der Waals surface area (Å²) in [4.78, 5) is 22.1. The molecule has 0 atom stereocenters. The van der Waals surface area contributed by atoms with E-state index in [1.165, 1.54) is 12.4 Å². The molecule has 0 radical (unpaired) electrons. The molecule has 8 heteroatoms. The van der Waals surface area contributed by atoms with Crippen LogP contribution in [0.15, 0.2) is 24.7 Å². The third-order valence-electron chi connectivity index (χ3n) is 2.80. The van der Waals surface area contributed by atoms with Gasteiger partial charge in [-0.3, -0.25) is 4.79 Å². The number of carbonyl (C=O) groups excluding carboxylic acids is 1. The van der Waals surface area contributed by atoms with Crippen LogP contribution in [-0.2, 0) is 12.6 Å². The van der Waals surface area contributed by atoms with E-state index in [0.717, 1.165) is 12.3 Å². The van der Waals surface area contributed by atoms with Crippen LogP contribution in [0.1, 0.15) is 35.7 Å². The Balaban J connectivity index is 2.04. The summed E-state index contributed by atoms with van der Waals surface area (Å²) in [6, 6.07) is 0.753. The number of halogens is 3. The average Bonchev–Trinajstić information content (AvgIpc) is 2.90. The molecule has 2 aromatic heterocycles. The molecule has 0 saturated carbocycles. The number of rotatable bonds is 4. The predicted octanol–water partition coefficient (Wildman–Crippen LogP) is 3.27. The van der Waals surface area contributed by atoms with Crippen molar-refractivity contribution >= 4 is 11.6 Å². The van der Waals surface area contributed by atoms with Crippen molar-refractivity contribution in [3.8, 4) is 0 Å². The lowest BCUT2D eigenvalue weighted by Gasteiger charge is -2.06. The van der Waals surface area contributed by atoms with E-state index < -0.39 is 17.8 Å². The highest BCUT2D eigenvalue weighted by atomic mass is 19.4. The summed E-state index contributed by atoms with van der Waals surface area (Å²) < 4.78 is 37.4. The molecule has 0 fully saturated rings. The van der Waals surface area contributed by atoms with Crippen LogP contribution in [0.2, 0.25) is 0 Å². The molecule has 0 aromatic carbocycles. The van der Waals surface area contributed by atoms with E-state index in [4.69, 9.17) is 0 Å². The van der Waals surface area contributed by atoms with Crippen LogP contribution in [0.4, 0.5) is 18.9 Å². The molecule has 22 heavy (non-hydrogen) atoms. The topological polar surface area (TPSA) is 70.7 Å². The van der Waals surface area contributed by atoms with Gasteiger partial charge in [-0.05, 0) is 12.0 Å². The number of nitrogens with one attached hydrogen (secondary N) is 2. The van der Waals surface area contributed by atoms with Crippen molar-refractivity contribution in [3.63, 3.8) is 0 Å². The SMILES string of the molecule is CC(C)Cc1ncc(NC(=O)c2c[nH]c(C(F)(F)F)c2)cn1. The summed E-state index contributed by atoms with van der Waals surface area (Å²) in [6.07, 6.45) is 0.0626. The largest absolute Gasteiger partial charge is 0.431 e. The first-order chi connectivity index (χ1) is 10.3. The van der Waals surface area contributed by atoms with Gasteiger partial charge in [-0.2, -0.15) is 13.2 Å². The van der Waals surface area contributed by atoms with Crippen LogP contribution >= 0.6 is 0 Å². The Morgan fingerprint density at radius 1 is 1.32 bits per heavy atom. The standard InChI is InChI=1S/C14H15F3N4O/c1-8(2)3-12-19-6-10(7-20-12)21-13(22)9-4-11(18-5-9)14(15,16)17/h4-8,18H,3H2,1-2H3,(H,21,22). The number of anilines is 1. The van der Waals surface area contributed by atoms with E-state index in [2.05, 4.69) is 15.3 Å². The summed E-state index contributed by atoms with van der Waals surface area (Å²) in [7, 11) is 0. The third-order valence-corrected chi connectivity index (χ3v) is 2.80. The first-order valence-electron chi connectivity index (χ1n) is 6.63. The van der Waals surface area contributed by atoms with Gasteiger partial charge in [0.25, 0.3) is 5.91 Å². The smallest absolute Gasteiger partial charge is 0.357 e. The normalized spacial score (nSPS) is 11.7. The molecule has 0 spiro atoms. The van der Waals surface area contributed by atoms with Crippen molar-refractivity contribution in [2.45, 2.75) is 26.4 Å². The molecule has 2 heterocycles. The van der Waals surface area contributed by atoms with Gasteiger partial charge in [0.15, 0.2) is 0 Å². The monoisotopic (exact) mass is 312 g/mol. The number of H-pyrrole nitrogens is 1. The predicted molar refractivity (Wildman–Crippen MR) is 74.3 cm³/mol. The third kappa shape index (κ3) is 4.06. The Labute approximate surface area is 125 Å². The molecule has 0 aliphatic heterocycles. The second kappa shape index (κ2) is 6.17. The zero-order valence-corrected chi connectivity index (χ0v) is 12.0. The number of hydrogen-bond donors (Lipinski definition) is 2. The minimum atomic E-state index is -4.51. The minimum absolute atomic E-state index is 0.112. The average molecular weight is 312 g/mol. The van der Waals surface area contributed by atoms with E-state index in [1.54, 1.807) is 0 Å². The van der Waals surface area contributed by atoms with Gasteiger partial charge >= 0.3 is 6.18 Å². The Morgan fingerprint density at radius 2 is 1.95 bits per heavy atom. The molecule has 0 bridgehead atoms. The maximum atomic E-state index is 12.5. The maximum Gasteiger partial charge on any atom is 0.431 e. The molecule has 2 aromatic rings. The minimum Gasteiger partial charge on any atom is -0.357 e. The number of hydrogen-bond acceptors (Lipinski definition) is 3. The summed E-state index contributed by atoms with van der Waals surface area (Å²) in [5.74, 6) is 0.391. The van der Waals surface area contributed by atoms with Crippen molar-refractivity contribution in [2.24, 2.45) is 5.92 Å². The fraction of sp³-hybridized carbons (Fsp3) is 0.357. The Hall–Kier alpha value is -2.38. The Morgan fingerprint density at radius 3 is 2.45 bits per heavy atom. The lowest BCUT2D eigenvalue weighted by Crippen LogP contribution is -2.12. The van der Waals surface area contributed by atoms with Gasteiger partial charge in [0.05, 0.1) is 23.6 Å². The second-order valence-electron chi connectivity index (χ2n) is 5.24. The number of aromatic nitrogens is 3. The summed E-state index contributed by atoms with van der Waals surface area (Å²) >= 11 is 0. The summed E-state index contributed by atoms with van der Waals surface area (Å²) in [5.41, 5.74) is -0.757. The number of nitrogens with zero attached hydrogens (tertiary/aromatic N) is 2. The van der Waals surface area contributed by atoms with Gasteiger partial charge in [0.1, 0.15) is 11.5 Å². The van der Waals surface area contributed by atoms with Gasteiger partial charge in [0, 0.05) is 12.6 Å². The van der Waals surface area contributed by atoms with E-state index in [9.17, 15) is 18.0 Å². The summed E-state index contributed by atoms with van der Waals surface area (Å²) in [6.45, 7) is 4.06. The van der Waals surface area contributed by atoms with Gasteiger partial charge in [-0.1, -0.05) is 13.8 Å². The van der Waals surface area contributed by atoms with Gasteiger partial charge in [0.2, 0.25) is 0 Å². The van der Waals surface area contributed by atoms with E-state index in [0.29, 0.717) is 23.9 Å². The zero-order chi connectivity index (χ0) is 16.3. The highest BCUT2D eigenvalue weighted by molar-refractivity contribution is 6.04.